The van der Waals surface area contributed by atoms with E-state index >= 15 is 0 Å². The van der Waals surface area contributed by atoms with Gasteiger partial charge in [0.25, 0.3) is 10.0 Å². The largest absolute Gasteiger partial charge is 0.461 e. The SMILES string of the molecule is CCOC(=O)c1cc(/C(C)=N\NS(=O)(=O)c2ccc(F)c(Cl)c2)on1. The smallest absolute Gasteiger partial charge is 0.360 e. The van der Waals surface area contributed by atoms with Crippen LogP contribution in [0.25, 0.3) is 0 Å². The Morgan fingerprint density at radius 3 is 2.80 bits per heavy atom. The fourth-order valence-corrected chi connectivity index (χ4v) is 2.76. The number of ether oxygens (including phenoxy) is 1. The van der Waals surface area contributed by atoms with E-state index < -0.39 is 21.8 Å². The highest BCUT2D eigenvalue weighted by molar-refractivity contribution is 7.89. The molecule has 0 unspecified atom stereocenters. The average molecular weight is 390 g/mol. The van der Waals surface area contributed by atoms with E-state index in [4.69, 9.17) is 20.9 Å². The normalized spacial score (nSPS) is 12.1. The van der Waals surface area contributed by atoms with Crippen molar-refractivity contribution in [3.05, 3.63) is 46.6 Å². The van der Waals surface area contributed by atoms with Gasteiger partial charge in [-0.2, -0.15) is 18.4 Å². The minimum atomic E-state index is -4.06. The van der Waals surface area contributed by atoms with Crippen LogP contribution in [0.1, 0.15) is 30.1 Å². The Bertz CT molecular complexity index is 926. The number of nitrogens with zero attached hydrogens (tertiary/aromatic N) is 2. The molecule has 2 aromatic rings. The molecule has 1 N–H and O–H groups in total. The molecule has 134 valence electrons. The molecule has 0 aliphatic carbocycles. The molecule has 1 heterocycles. The van der Waals surface area contributed by atoms with Crippen molar-refractivity contribution < 1.29 is 26.9 Å². The fourth-order valence-electron chi connectivity index (χ4n) is 1.63. The summed E-state index contributed by atoms with van der Waals surface area (Å²) in [7, 11) is -4.06. The minimum absolute atomic E-state index is 0.0698. The van der Waals surface area contributed by atoms with Gasteiger partial charge in [-0.25, -0.2) is 9.18 Å². The number of halogens is 2. The molecule has 0 amide bonds. The molecule has 0 atom stereocenters. The van der Waals surface area contributed by atoms with Crippen molar-refractivity contribution in [3.63, 3.8) is 0 Å². The van der Waals surface area contributed by atoms with Crippen LogP contribution in [0.3, 0.4) is 0 Å². The number of sulfonamides is 1. The lowest BCUT2D eigenvalue weighted by molar-refractivity contribution is 0.0514. The van der Waals surface area contributed by atoms with Crippen LogP contribution in [0.5, 0.6) is 0 Å². The molecule has 1 aromatic carbocycles. The van der Waals surface area contributed by atoms with Gasteiger partial charge in [0.1, 0.15) is 11.5 Å². The Morgan fingerprint density at radius 2 is 2.16 bits per heavy atom. The Hall–Kier alpha value is -2.46. The van der Waals surface area contributed by atoms with Crippen molar-refractivity contribution in [2.24, 2.45) is 5.10 Å². The highest BCUT2D eigenvalue weighted by atomic mass is 35.5. The molecule has 0 radical (unpaired) electrons. The molecule has 0 saturated heterocycles. The second-order valence-electron chi connectivity index (χ2n) is 4.66. The number of hydrogen-bond donors (Lipinski definition) is 1. The fraction of sp³-hybridized carbons (Fsp3) is 0.214. The van der Waals surface area contributed by atoms with Gasteiger partial charge >= 0.3 is 5.97 Å². The lowest BCUT2D eigenvalue weighted by Crippen LogP contribution is -2.20. The molecule has 11 heteroatoms. The van der Waals surface area contributed by atoms with E-state index in [1.807, 2.05) is 4.83 Å². The number of carbonyl (C=O) groups excluding carboxylic acids is 1. The van der Waals surface area contributed by atoms with Crippen LogP contribution in [0, 0.1) is 5.82 Å². The monoisotopic (exact) mass is 389 g/mol. The zero-order valence-electron chi connectivity index (χ0n) is 13.1. The van der Waals surface area contributed by atoms with Crippen LogP contribution in [0.2, 0.25) is 5.02 Å². The van der Waals surface area contributed by atoms with Crippen LogP contribution in [0.4, 0.5) is 4.39 Å². The minimum Gasteiger partial charge on any atom is -0.461 e. The Morgan fingerprint density at radius 1 is 1.44 bits per heavy atom. The standard InChI is InChI=1S/C14H13ClFN3O5S/c1-3-23-14(20)12-7-13(24-18-12)8(2)17-19-25(21,22)9-4-5-11(16)10(15)6-9/h4-7,19H,3H2,1-2H3/b17-8-. The molecule has 0 fully saturated rings. The molecule has 0 aliphatic rings. The number of hydrogen-bond acceptors (Lipinski definition) is 7. The van der Waals surface area contributed by atoms with Crippen LogP contribution >= 0.6 is 11.6 Å². The number of carbonyl (C=O) groups is 1. The second-order valence-corrected chi connectivity index (χ2v) is 6.73. The average Bonchev–Trinajstić information content (AvgIpc) is 3.05. The number of esters is 1. The second kappa shape index (κ2) is 7.62. The maximum absolute atomic E-state index is 13.1. The summed E-state index contributed by atoms with van der Waals surface area (Å²) in [5.74, 6) is -1.34. The van der Waals surface area contributed by atoms with Crippen molar-refractivity contribution in [2.75, 3.05) is 6.61 Å². The third kappa shape index (κ3) is 4.54. The third-order valence-corrected chi connectivity index (χ3v) is 4.38. The van der Waals surface area contributed by atoms with Crippen molar-refractivity contribution in [1.29, 1.82) is 0 Å². The molecule has 8 nitrogen and oxygen atoms in total. The number of rotatable bonds is 6. The summed E-state index contributed by atoms with van der Waals surface area (Å²) >= 11 is 5.57. The Balaban J connectivity index is 2.17. The van der Waals surface area contributed by atoms with Crippen LogP contribution in [-0.2, 0) is 14.8 Å². The summed E-state index contributed by atoms with van der Waals surface area (Å²) in [5.41, 5.74) is 0.0411. The summed E-state index contributed by atoms with van der Waals surface area (Å²) in [6.07, 6.45) is 0. The first-order valence-electron chi connectivity index (χ1n) is 6.90. The number of hydrazone groups is 1. The predicted molar refractivity (Wildman–Crippen MR) is 86.4 cm³/mol. The summed E-state index contributed by atoms with van der Waals surface area (Å²) < 4.78 is 47.0. The van der Waals surface area contributed by atoms with E-state index in [1.165, 1.54) is 13.0 Å². The number of aromatic nitrogens is 1. The molecular formula is C14H13ClFN3O5S. The molecule has 0 bridgehead atoms. The van der Waals surface area contributed by atoms with Crippen LogP contribution in [-0.4, -0.2) is 31.9 Å². The van der Waals surface area contributed by atoms with Gasteiger partial charge < -0.3 is 9.26 Å². The van der Waals surface area contributed by atoms with Crippen molar-refractivity contribution in [3.8, 4) is 0 Å². The van der Waals surface area contributed by atoms with E-state index in [9.17, 15) is 17.6 Å². The highest BCUT2D eigenvalue weighted by Crippen LogP contribution is 2.19. The molecular weight excluding hydrogens is 377 g/mol. The molecule has 2 rings (SSSR count). The highest BCUT2D eigenvalue weighted by Gasteiger charge is 2.17. The summed E-state index contributed by atoms with van der Waals surface area (Å²) in [5, 5.41) is 6.85. The van der Waals surface area contributed by atoms with Gasteiger partial charge in [-0.3, -0.25) is 0 Å². The summed E-state index contributed by atoms with van der Waals surface area (Å²) in [6, 6.07) is 4.19. The van der Waals surface area contributed by atoms with Crippen molar-refractivity contribution in [1.82, 2.24) is 9.99 Å². The maximum Gasteiger partial charge on any atom is 0.360 e. The van der Waals surface area contributed by atoms with E-state index in [0.717, 1.165) is 18.2 Å². The van der Waals surface area contributed by atoms with Gasteiger partial charge in [0, 0.05) is 6.07 Å². The van der Waals surface area contributed by atoms with Gasteiger partial charge in [0.2, 0.25) is 0 Å². The zero-order valence-corrected chi connectivity index (χ0v) is 14.7. The third-order valence-electron chi connectivity index (χ3n) is 2.89. The lowest BCUT2D eigenvalue weighted by atomic mass is 10.3. The van der Waals surface area contributed by atoms with Gasteiger partial charge in [0.15, 0.2) is 11.5 Å². The van der Waals surface area contributed by atoms with Gasteiger partial charge in [-0.1, -0.05) is 16.8 Å². The number of nitrogens with one attached hydrogen (secondary N) is 1. The van der Waals surface area contributed by atoms with E-state index in [2.05, 4.69) is 10.3 Å². The van der Waals surface area contributed by atoms with Crippen LogP contribution in [0.15, 0.2) is 38.8 Å². The molecule has 0 spiro atoms. The Labute approximate surface area is 147 Å². The van der Waals surface area contributed by atoms with Gasteiger partial charge in [0.05, 0.1) is 16.5 Å². The van der Waals surface area contributed by atoms with Gasteiger partial charge in [-0.15, -0.1) is 0 Å². The first kappa shape index (κ1) is 18.9. The van der Waals surface area contributed by atoms with Crippen molar-refractivity contribution >= 4 is 33.3 Å². The van der Waals surface area contributed by atoms with Gasteiger partial charge in [-0.05, 0) is 32.0 Å². The lowest BCUT2D eigenvalue weighted by Gasteiger charge is -2.05. The molecule has 25 heavy (non-hydrogen) atoms. The quantitative estimate of drug-likeness (QED) is 0.461. The molecule has 0 aliphatic heterocycles. The number of benzene rings is 1. The molecule has 0 saturated carbocycles. The Kier molecular flexibility index (Phi) is 5.75. The topological polar surface area (TPSA) is 111 Å². The maximum atomic E-state index is 13.1. The predicted octanol–water partition coefficient (Wildman–Crippen LogP) is 2.35. The first-order valence-corrected chi connectivity index (χ1v) is 8.76. The van der Waals surface area contributed by atoms with Crippen molar-refractivity contribution in [2.45, 2.75) is 18.7 Å². The van der Waals surface area contributed by atoms with E-state index in [0.29, 0.717) is 0 Å². The summed E-state index contributed by atoms with van der Waals surface area (Å²) in [4.78, 5) is 13.2. The molecule has 1 aromatic heterocycles. The zero-order chi connectivity index (χ0) is 18.6. The van der Waals surface area contributed by atoms with E-state index in [1.54, 1.807) is 6.92 Å². The van der Waals surface area contributed by atoms with Crippen LogP contribution < -0.4 is 4.83 Å². The first-order chi connectivity index (χ1) is 11.7. The summed E-state index contributed by atoms with van der Waals surface area (Å²) in [6.45, 7) is 3.26. The van der Waals surface area contributed by atoms with E-state index in [-0.39, 0.29) is 33.7 Å².